The van der Waals surface area contributed by atoms with Crippen LogP contribution in [0, 0.1) is 11.7 Å². The first-order valence-corrected chi connectivity index (χ1v) is 10.5. The Labute approximate surface area is 169 Å². The average molecular weight is 404 g/mol. The van der Waals surface area contributed by atoms with Gasteiger partial charge in [0.2, 0.25) is 11.8 Å². The maximum Gasteiger partial charge on any atom is 0.227 e. The Morgan fingerprint density at radius 3 is 2.96 bits per heavy atom. The van der Waals surface area contributed by atoms with E-state index in [0.29, 0.717) is 18.7 Å². The molecule has 28 heavy (non-hydrogen) atoms. The molecule has 1 aliphatic heterocycles. The van der Waals surface area contributed by atoms with Gasteiger partial charge in [-0.1, -0.05) is 26.0 Å². The molecule has 3 rings (SSSR count). The Kier molecular flexibility index (Phi) is 6.78. The second kappa shape index (κ2) is 9.28. The molecule has 1 atom stereocenters. The van der Waals surface area contributed by atoms with Crippen molar-refractivity contribution >= 4 is 23.2 Å². The zero-order valence-corrected chi connectivity index (χ0v) is 17.1. The number of carbonyl (C=O) groups is 2. The number of hydrogen-bond donors (Lipinski definition) is 1. The number of carbonyl (C=O) groups excluding carboxylic acids is 2. The molecule has 1 fully saturated rings. The van der Waals surface area contributed by atoms with E-state index in [1.807, 2.05) is 24.1 Å². The summed E-state index contributed by atoms with van der Waals surface area (Å²) in [6.07, 6.45) is 2.14. The monoisotopic (exact) mass is 403 g/mol. The van der Waals surface area contributed by atoms with Crippen molar-refractivity contribution < 1.29 is 14.0 Å². The molecule has 0 aliphatic carbocycles. The lowest BCUT2D eigenvalue weighted by Crippen LogP contribution is -2.40. The fraction of sp³-hybridized carbons (Fsp3) is 0.476. The van der Waals surface area contributed by atoms with Gasteiger partial charge < -0.3 is 10.2 Å². The molecule has 2 aromatic rings. The van der Waals surface area contributed by atoms with Crippen LogP contribution in [0.1, 0.15) is 48.9 Å². The van der Waals surface area contributed by atoms with Crippen LogP contribution in [0.5, 0.6) is 0 Å². The molecule has 1 unspecified atom stereocenters. The van der Waals surface area contributed by atoms with Crippen molar-refractivity contribution in [3.8, 4) is 0 Å². The van der Waals surface area contributed by atoms with E-state index in [4.69, 9.17) is 0 Å². The summed E-state index contributed by atoms with van der Waals surface area (Å²) in [5, 5.41) is 5.87. The van der Waals surface area contributed by atoms with Crippen molar-refractivity contribution in [2.45, 2.75) is 45.6 Å². The summed E-state index contributed by atoms with van der Waals surface area (Å²) < 4.78 is 13.3. The number of thiazole rings is 1. The van der Waals surface area contributed by atoms with E-state index in [1.54, 1.807) is 23.5 Å². The van der Waals surface area contributed by atoms with Gasteiger partial charge in [0.25, 0.3) is 0 Å². The van der Waals surface area contributed by atoms with Crippen molar-refractivity contribution in [3.05, 3.63) is 51.7 Å². The molecule has 1 N–H and O–H groups in total. The van der Waals surface area contributed by atoms with Crippen molar-refractivity contribution in [3.63, 3.8) is 0 Å². The molecule has 1 aromatic heterocycles. The van der Waals surface area contributed by atoms with Gasteiger partial charge in [-0.05, 0) is 30.5 Å². The summed E-state index contributed by atoms with van der Waals surface area (Å²) in [5.74, 6) is -0.113. The Morgan fingerprint density at radius 1 is 1.39 bits per heavy atom. The molecule has 0 spiro atoms. The van der Waals surface area contributed by atoms with Crippen LogP contribution in [0.25, 0.3) is 0 Å². The van der Waals surface area contributed by atoms with Gasteiger partial charge >= 0.3 is 0 Å². The number of aromatic nitrogens is 1. The highest BCUT2D eigenvalue weighted by atomic mass is 32.1. The van der Waals surface area contributed by atoms with Crippen LogP contribution in [-0.2, 0) is 22.6 Å². The summed E-state index contributed by atoms with van der Waals surface area (Å²) in [6.45, 7) is 5.52. The standard InChI is InChI=1S/C21H26FN3O2S/c1-14(2)20(27)23-11-18-13-28-21(24-18)16-6-4-8-25(12-16)19(26)10-15-5-3-7-17(22)9-15/h3,5,7,9,13-14,16H,4,6,8,10-12H2,1-2H3,(H,23,27). The molecule has 2 heterocycles. The van der Waals surface area contributed by atoms with Crippen LogP contribution in [0.3, 0.4) is 0 Å². The molecule has 1 aliphatic rings. The number of likely N-dealkylation sites (tertiary alicyclic amines) is 1. The largest absolute Gasteiger partial charge is 0.350 e. The number of benzene rings is 1. The molecule has 150 valence electrons. The van der Waals surface area contributed by atoms with Crippen molar-refractivity contribution in [2.75, 3.05) is 13.1 Å². The van der Waals surface area contributed by atoms with E-state index in [-0.39, 0.29) is 35.9 Å². The average Bonchev–Trinajstić information content (AvgIpc) is 3.15. The minimum Gasteiger partial charge on any atom is -0.350 e. The molecular weight excluding hydrogens is 377 g/mol. The van der Waals surface area contributed by atoms with Crippen molar-refractivity contribution in [1.29, 1.82) is 0 Å². The summed E-state index contributed by atoms with van der Waals surface area (Å²) in [5.41, 5.74) is 1.56. The van der Waals surface area contributed by atoms with Gasteiger partial charge in [0.15, 0.2) is 0 Å². The molecule has 5 nitrogen and oxygen atoms in total. The fourth-order valence-electron chi connectivity index (χ4n) is 3.31. The van der Waals surface area contributed by atoms with Crippen LogP contribution in [0.4, 0.5) is 4.39 Å². The fourth-order valence-corrected chi connectivity index (χ4v) is 4.26. The lowest BCUT2D eigenvalue weighted by atomic mass is 9.98. The number of nitrogens with one attached hydrogen (secondary N) is 1. The highest BCUT2D eigenvalue weighted by Crippen LogP contribution is 2.29. The van der Waals surface area contributed by atoms with Gasteiger partial charge in [-0.15, -0.1) is 11.3 Å². The minimum absolute atomic E-state index is 0.0151. The molecule has 1 saturated heterocycles. The topological polar surface area (TPSA) is 62.3 Å². The zero-order chi connectivity index (χ0) is 20.1. The van der Waals surface area contributed by atoms with Gasteiger partial charge in [0, 0.05) is 30.3 Å². The molecule has 0 radical (unpaired) electrons. The van der Waals surface area contributed by atoms with Crippen LogP contribution in [0.15, 0.2) is 29.6 Å². The van der Waals surface area contributed by atoms with E-state index in [9.17, 15) is 14.0 Å². The Hall–Kier alpha value is -2.28. The van der Waals surface area contributed by atoms with Gasteiger partial charge in [-0.3, -0.25) is 9.59 Å². The number of hydrogen-bond acceptors (Lipinski definition) is 4. The van der Waals surface area contributed by atoms with Crippen molar-refractivity contribution in [2.24, 2.45) is 5.92 Å². The smallest absolute Gasteiger partial charge is 0.227 e. The summed E-state index contributed by atoms with van der Waals surface area (Å²) in [6, 6.07) is 6.21. The number of halogens is 1. The summed E-state index contributed by atoms with van der Waals surface area (Å²) in [4.78, 5) is 30.9. The highest BCUT2D eigenvalue weighted by Gasteiger charge is 2.26. The predicted octanol–water partition coefficient (Wildman–Crippen LogP) is 3.50. The lowest BCUT2D eigenvalue weighted by Gasteiger charge is -2.32. The van der Waals surface area contributed by atoms with Gasteiger partial charge in [-0.2, -0.15) is 0 Å². The number of rotatable bonds is 6. The highest BCUT2D eigenvalue weighted by molar-refractivity contribution is 7.09. The Balaban J connectivity index is 1.57. The maximum absolute atomic E-state index is 13.3. The molecule has 2 amide bonds. The van der Waals surface area contributed by atoms with Crippen LogP contribution in [0.2, 0.25) is 0 Å². The van der Waals surface area contributed by atoms with E-state index in [1.165, 1.54) is 12.1 Å². The van der Waals surface area contributed by atoms with Gasteiger partial charge in [-0.25, -0.2) is 9.37 Å². The minimum atomic E-state index is -0.318. The SMILES string of the molecule is CC(C)C(=O)NCc1csc(C2CCCN(C(=O)Cc3cccc(F)c3)C2)n1. The lowest BCUT2D eigenvalue weighted by molar-refractivity contribution is -0.131. The first-order chi connectivity index (χ1) is 13.4. The van der Waals surface area contributed by atoms with Crippen LogP contribution < -0.4 is 5.32 Å². The van der Waals surface area contributed by atoms with Crippen LogP contribution in [-0.4, -0.2) is 34.8 Å². The maximum atomic E-state index is 13.3. The Morgan fingerprint density at radius 2 is 2.21 bits per heavy atom. The second-order valence-electron chi connectivity index (χ2n) is 7.54. The number of nitrogens with zero attached hydrogens (tertiary/aromatic N) is 2. The van der Waals surface area contributed by atoms with Gasteiger partial charge in [0.1, 0.15) is 5.82 Å². The van der Waals surface area contributed by atoms with E-state index in [0.717, 1.165) is 30.1 Å². The molecule has 7 heteroatoms. The number of amides is 2. The Bertz CT molecular complexity index is 837. The molecule has 0 bridgehead atoms. The van der Waals surface area contributed by atoms with E-state index in [2.05, 4.69) is 10.3 Å². The van der Waals surface area contributed by atoms with E-state index >= 15 is 0 Å². The summed E-state index contributed by atoms with van der Waals surface area (Å²) >= 11 is 1.59. The predicted molar refractivity (Wildman–Crippen MR) is 107 cm³/mol. The van der Waals surface area contributed by atoms with Gasteiger partial charge in [0.05, 0.1) is 23.7 Å². The third-order valence-corrected chi connectivity index (χ3v) is 5.96. The first kappa shape index (κ1) is 20.5. The zero-order valence-electron chi connectivity index (χ0n) is 16.3. The molecular formula is C21H26FN3O2S. The molecule has 0 saturated carbocycles. The third kappa shape index (κ3) is 5.38. The first-order valence-electron chi connectivity index (χ1n) is 9.66. The molecule has 1 aromatic carbocycles. The summed E-state index contributed by atoms with van der Waals surface area (Å²) in [7, 11) is 0. The van der Waals surface area contributed by atoms with E-state index < -0.39 is 0 Å². The normalized spacial score (nSPS) is 17.0. The van der Waals surface area contributed by atoms with Crippen LogP contribution >= 0.6 is 11.3 Å². The number of piperidine rings is 1. The van der Waals surface area contributed by atoms with Crippen molar-refractivity contribution in [1.82, 2.24) is 15.2 Å². The second-order valence-corrected chi connectivity index (χ2v) is 8.42. The quantitative estimate of drug-likeness (QED) is 0.803. The third-order valence-electron chi connectivity index (χ3n) is 4.91.